The predicted molar refractivity (Wildman–Crippen MR) is 105 cm³/mol. The third kappa shape index (κ3) is 4.01. The minimum Gasteiger partial charge on any atom is -0.369 e. The summed E-state index contributed by atoms with van der Waals surface area (Å²) in [5.74, 6) is -0.419. The number of anilines is 1. The lowest BCUT2D eigenvalue weighted by molar-refractivity contribution is 0.0927. The number of aromatic nitrogens is 3. The monoisotopic (exact) mass is 386 g/mol. The fourth-order valence-corrected chi connectivity index (χ4v) is 4.20. The van der Waals surface area contributed by atoms with E-state index < -0.39 is 0 Å². The maximum absolute atomic E-state index is 13.5. The van der Waals surface area contributed by atoms with Gasteiger partial charge in [0.15, 0.2) is 5.69 Å². The van der Waals surface area contributed by atoms with Gasteiger partial charge in [-0.1, -0.05) is 11.3 Å². The first-order valence-electron chi connectivity index (χ1n) is 10.1. The number of rotatable bonds is 4. The maximum atomic E-state index is 13.5. The molecule has 2 saturated heterocycles. The second-order valence-electron chi connectivity index (χ2n) is 7.69. The summed E-state index contributed by atoms with van der Waals surface area (Å²) in [4.78, 5) is 14.9. The van der Waals surface area contributed by atoms with Crippen molar-refractivity contribution in [1.29, 1.82) is 0 Å². The summed E-state index contributed by atoms with van der Waals surface area (Å²) in [7, 11) is 0. The van der Waals surface area contributed by atoms with Crippen LogP contribution in [0.3, 0.4) is 0 Å². The van der Waals surface area contributed by atoms with Crippen molar-refractivity contribution in [2.45, 2.75) is 44.7 Å². The number of halogens is 1. The zero-order valence-electron chi connectivity index (χ0n) is 16.2. The molecule has 2 aliphatic heterocycles. The molecule has 28 heavy (non-hydrogen) atoms. The number of carbonyl (C=O) groups excluding carboxylic acids is 1. The van der Waals surface area contributed by atoms with Gasteiger partial charge in [0, 0.05) is 24.8 Å². The minimum atomic E-state index is -0.242. The Morgan fingerprint density at radius 3 is 2.89 bits per heavy atom. The molecule has 4 rings (SSSR count). The van der Waals surface area contributed by atoms with Gasteiger partial charge in [0.2, 0.25) is 0 Å². The molecule has 1 unspecified atom stereocenters. The zero-order chi connectivity index (χ0) is 19.5. The van der Waals surface area contributed by atoms with E-state index >= 15 is 0 Å². The van der Waals surface area contributed by atoms with Crippen LogP contribution in [-0.2, 0) is 0 Å². The highest BCUT2D eigenvalue weighted by atomic mass is 19.1. The quantitative estimate of drug-likeness (QED) is 0.841. The molecule has 3 heterocycles. The van der Waals surface area contributed by atoms with Gasteiger partial charge in [-0.05, 0) is 63.9 Å². The Labute approximate surface area is 164 Å². The second kappa shape index (κ2) is 8.26. The van der Waals surface area contributed by atoms with Crippen LogP contribution < -0.4 is 15.5 Å². The summed E-state index contributed by atoms with van der Waals surface area (Å²) in [5.41, 5.74) is 2.08. The number of hydrogen-bond donors (Lipinski definition) is 2. The van der Waals surface area contributed by atoms with E-state index in [0.29, 0.717) is 18.3 Å². The number of hydrogen-bond acceptors (Lipinski definition) is 5. The van der Waals surface area contributed by atoms with E-state index in [9.17, 15) is 9.18 Å². The summed E-state index contributed by atoms with van der Waals surface area (Å²) in [6, 6.07) is 6.92. The molecule has 2 aromatic rings. The van der Waals surface area contributed by atoms with Crippen molar-refractivity contribution < 1.29 is 9.18 Å². The molecule has 2 aliphatic rings. The van der Waals surface area contributed by atoms with Gasteiger partial charge in [-0.2, -0.15) is 0 Å². The Morgan fingerprint density at radius 1 is 1.29 bits per heavy atom. The Hall–Kier alpha value is -2.48. The van der Waals surface area contributed by atoms with Crippen molar-refractivity contribution in [3.05, 3.63) is 41.5 Å². The Kier molecular flexibility index (Phi) is 5.57. The first kappa shape index (κ1) is 18.9. The highest BCUT2D eigenvalue weighted by Gasteiger charge is 2.26. The van der Waals surface area contributed by atoms with Gasteiger partial charge >= 0.3 is 0 Å². The predicted octanol–water partition coefficient (Wildman–Crippen LogP) is 2.05. The van der Waals surface area contributed by atoms with E-state index in [-0.39, 0.29) is 17.8 Å². The number of amides is 1. The third-order valence-electron chi connectivity index (χ3n) is 5.73. The number of piperidine rings is 2. The van der Waals surface area contributed by atoms with Gasteiger partial charge in [0.1, 0.15) is 5.82 Å². The molecule has 2 fully saturated rings. The zero-order valence-corrected chi connectivity index (χ0v) is 16.2. The molecule has 7 nitrogen and oxygen atoms in total. The lowest BCUT2D eigenvalue weighted by Crippen LogP contribution is -2.48. The number of nitrogens with zero attached hydrogens (tertiary/aromatic N) is 4. The number of nitrogens with one attached hydrogen (secondary N) is 2. The van der Waals surface area contributed by atoms with Crippen LogP contribution in [0.4, 0.5) is 10.1 Å². The molecule has 0 radical (unpaired) electrons. The van der Waals surface area contributed by atoms with E-state index in [2.05, 4.69) is 25.8 Å². The molecule has 0 bridgehead atoms. The Balaban J connectivity index is 1.41. The fourth-order valence-electron chi connectivity index (χ4n) is 4.20. The summed E-state index contributed by atoms with van der Waals surface area (Å²) < 4.78 is 15.4. The van der Waals surface area contributed by atoms with Crippen LogP contribution >= 0.6 is 0 Å². The molecule has 0 spiro atoms. The van der Waals surface area contributed by atoms with Crippen molar-refractivity contribution >= 4 is 11.6 Å². The van der Waals surface area contributed by atoms with Crippen LogP contribution in [0.25, 0.3) is 0 Å². The topological polar surface area (TPSA) is 75.1 Å². The van der Waals surface area contributed by atoms with E-state index in [1.807, 2.05) is 17.7 Å². The van der Waals surface area contributed by atoms with Gasteiger partial charge in [0.05, 0.1) is 11.7 Å². The average Bonchev–Trinajstić information content (AvgIpc) is 3.10. The first-order chi connectivity index (χ1) is 13.6. The highest BCUT2D eigenvalue weighted by Crippen LogP contribution is 2.22. The maximum Gasteiger partial charge on any atom is 0.274 e. The number of carbonyl (C=O) groups is 1. The van der Waals surface area contributed by atoms with E-state index in [1.165, 1.54) is 6.07 Å². The second-order valence-corrected chi connectivity index (χ2v) is 7.69. The standard InChI is InChI=1S/C20H27FN6O/c1-14-19(24-25-27(14)17-7-9-22-10-8-17)20(28)23-16-5-3-11-26(13-16)18-6-2-4-15(21)12-18/h2,4,6,12,16-17,22H,3,5,7-11,13H2,1H3,(H,23,28). The molecule has 8 heteroatoms. The largest absolute Gasteiger partial charge is 0.369 e. The van der Waals surface area contributed by atoms with Crippen molar-refractivity contribution in [3.63, 3.8) is 0 Å². The molecule has 0 aliphatic carbocycles. The van der Waals surface area contributed by atoms with Gasteiger partial charge in [-0.25, -0.2) is 9.07 Å². The smallest absolute Gasteiger partial charge is 0.274 e. The van der Waals surface area contributed by atoms with Crippen LogP contribution in [0.1, 0.15) is 47.9 Å². The summed E-state index contributed by atoms with van der Waals surface area (Å²) in [6.45, 7) is 5.36. The number of benzene rings is 1. The SMILES string of the molecule is Cc1c(C(=O)NC2CCCN(c3cccc(F)c3)C2)nnn1C1CCNCC1. The third-order valence-corrected chi connectivity index (χ3v) is 5.73. The normalized spacial score (nSPS) is 20.9. The lowest BCUT2D eigenvalue weighted by Gasteiger charge is -2.34. The molecule has 0 saturated carbocycles. The van der Waals surface area contributed by atoms with Crippen molar-refractivity contribution in [1.82, 2.24) is 25.6 Å². The highest BCUT2D eigenvalue weighted by molar-refractivity contribution is 5.93. The van der Waals surface area contributed by atoms with Gasteiger partial charge in [-0.15, -0.1) is 5.10 Å². The molecule has 1 atom stereocenters. The summed E-state index contributed by atoms with van der Waals surface area (Å²) >= 11 is 0. The molecule has 2 N–H and O–H groups in total. The molecule has 1 aromatic heterocycles. The average molecular weight is 386 g/mol. The minimum absolute atomic E-state index is 0.00736. The van der Waals surface area contributed by atoms with Gasteiger partial charge in [0.25, 0.3) is 5.91 Å². The van der Waals surface area contributed by atoms with Crippen LogP contribution in [0, 0.1) is 12.7 Å². The molecule has 150 valence electrons. The van der Waals surface area contributed by atoms with Crippen molar-refractivity contribution in [3.8, 4) is 0 Å². The molecular weight excluding hydrogens is 359 g/mol. The molecular formula is C20H27FN6O. The van der Waals surface area contributed by atoms with Crippen LogP contribution in [0.2, 0.25) is 0 Å². The van der Waals surface area contributed by atoms with Gasteiger partial charge in [-0.3, -0.25) is 4.79 Å². The summed E-state index contributed by atoms with van der Waals surface area (Å²) in [6.07, 6.45) is 3.84. The van der Waals surface area contributed by atoms with Crippen molar-refractivity contribution in [2.75, 3.05) is 31.1 Å². The molecule has 1 amide bonds. The lowest BCUT2D eigenvalue weighted by atomic mass is 10.0. The molecule has 1 aromatic carbocycles. The Bertz CT molecular complexity index is 832. The first-order valence-corrected chi connectivity index (χ1v) is 10.1. The van der Waals surface area contributed by atoms with Crippen LogP contribution in [-0.4, -0.2) is 53.1 Å². The van der Waals surface area contributed by atoms with E-state index in [4.69, 9.17) is 0 Å². The summed E-state index contributed by atoms with van der Waals surface area (Å²) in [5, 5.41) is 14.9. The van der Waals surface area contributed by atoms with E-state index in [0.717, 1.165) is 56.7 Å². The fraction of sp³-hybridized carbons (Fsp3) is 0.550. The van der Waals surface area contributed by atoms with Crippen molar-refractivity contribution in [2.24, 2.45) is 0 Å². The van der Waals surface area contributed by atoms with E-state index in [1.54, 1.807) is 12.1 Å². The van der Waals surface area contributed by atoms with Crippen LogP contribution in [0.5, 0.6) is 0 Å². The van der Waals surface area contributed by atoms with Crippen LogP contribution in [0.15, 0.2) is 24.3 Å². The Morgan fingerprint density at radius 2 is 2.11 bits per heavy atom. The van der Waals surface area contributed by atoms with Gasteiger partial charge < -0.3 is 15.5 Å².